The third-order valence-corrected chi connectivity index (χ3v) is 7.00. The molecule has 0 aromatic carbocycles. The molecule has 11 heteroatoms. The largest absolute Gasteiger partial charge is 0.393 e. The molecule has 9 nitrogen and oxygen atoms in total. The highest BCUT2D eigenvalue weighted by atomic mass is 127. The van der Waals surface area contributed by atoms with E-state index in [4.69, 9.17) is 9.52 Å². The Hall–Kier alpha value is -0.920. The summed E-state index contributed by atoms with van der Waals surface area (Å²) in [6, 6.07) is 1.57. The number of aliphatic hydroxyl groups is 1. The van der Waals surface area contributed by atoms with Crippen molar-refractivity contribution >= 4 is 40.0 Å². The number of nitrogens with one attached hydrogen (secondary N) is 1. The predicted octanol–water partition coefficient (Wildman–Crippen LogP) is 0.867. The monoisotopic (exact) mass is 527 g/mol. The molecule has 1 saturated heterocycles. The lowest BCUT2D eigenvalue weighted by Crippen LogP contribution is -2.54. The molecule has 0 bridgehead atoms. The molecular formula is C17H30IN5O4S. The number of hydrogen-bond acceptors (Lipinski definition) is 6. The topological polar surface area (TPSA) is 111 Å². The van der Waals surface area contributed by atoms with Crippen LogP contribution >= 0.6 is 24.0 Å². The van der Waals surface area contributed by atoms with Gasteiger partial charge in [0, 0.05) is 51.3 Å². The van der Waals surface area contributed by atoms with Gasteiger partial charge in [-0.3, -0.25) is 4.99 Å². The highest BCUT2D eigenvalue weighted by molar-refractivity contribution is 14.0. The summed E-state index contributed by atoms with van der Waals surface area (Å²) in [6.45, 7) is 5.35. The highest BCUT2D eigenvalue weighted by Crippen LogP contribution is 2.25. The van der Waals surface area contributed by atoms with E-state index < -0.39 is 10.0 Å². The van der Waals surface area contributed by atoms with Crippen LogP contribution in [0.5, 0.6) is 0 Å². The molecule has 1 saturated carbocycles. The van der Waals surface area contributed by atoms with Crippen LogP contribution in [-0.4, -0.2) is 79.2 Å². The molecular weight excluding hydrogens is 497 g/mol. The second-order valence-corrected chi connectivity index (χ2v) is 9.05. The van der Waals surface area contributed by atoms with Crippen molar-refractivity contribution in [3.8, 4) is 0 Å². The number of sulfonamides is 1. The summed E-state index contributed by atoms with van der Waals surface area (Å²) in [5.74, 6) is 0.880. The zero-order chi connectivity index (χ0) is 19.3. The SMILES string of the molecule is CCNC(=NCC1CCCC1O)N1CCN(S(=O)(=O)Cc2ccon2)CC1.I. The first kappa shape index (κ1) is 23.4. The number of aliphatic hydroxyl groups excluding tert-OH is 1. The quantitative estimate of drug-likeness (QED) is 0.321. The van der Waals surface area contributed by atoms with Crippen molar-refractivity contribution in [2.75, 3.05) is 39.3 Å². The van der Waals surface area contributed by atoms with Gasteiger partial charge in [-0.2, -0.15) is 4.31 Å². The first-order valence-electron chi connectivity index (χ1n) is 9.58. The minimum absolute atomic E-state index is 0. The Morgan fingerprint density at radius 1 is 1.36 bits per heavy atom. The van der Waals surface area contributed by atoms with Crippen LogP contribution in [0.1, 0.15) is 31.9 Å². The summed E-state index contributed by atoms with van der Waals surface area (Å²) in [7, 11) is -3.41. The summed E-state index contributed by atoms with van der Waals surface area (Å²) in [4.78, 5) is 6.79. The molecule has 0 spiro atoms. The fourth-order valence-electron chi connectivity index (χ4n) is 3.63. The third-order valence-electron chi connectivity index (χ3n) is 5.18. The second kappa shape index (κ2) is 10.7. The second-order valence-electron chi connectivity index (χ2n) is 7.09. The molecule has 2 heterocycles. The Morgan fingerprint density at radius 3 is 2.68 bits per heavy atom. The third kappa shape index (κ3) is 6.04. The number of piperazine rings is 1. The van der Waals surface area contributed by atoms with E-state index >= 15 is 0 Å². The van der Waals surface area contributed by atoms with Gasteiger partial charge in [-0.25, -0.2) is 8.42 Å². The summed E-state index contributed by atoms with van der Waals surface area (Å²) < 4.78 is 31.3. The van der Waals surface area contributed by atoms with E-state index in [1.807, 2.05) is 6.92 Å². The zero-order valence-electron chi connectivity index (χ0n) is 16.2. The Balaban J connectivity index is 0.00000280. The molecule has 2 fully saturated rings. The van der Waals surface area contributed by atoms with Gasteiger partial charge in [0.15, 0.2) is 5.96 Å². The normalized spacial score (nSPS) is 24.2. The molecule has 0 radical (unpaired) electrons. The smallest absolute Gasteiger partial charge is 0.220 e. The number of aliphatic imine (C=N–C) groups is 1. The van der Waals surface area contributed by atoms with E-state index in [0.717, 1.165) is 31.8 Å². The minimum Gasteiger partial charge on any atom is -0.393 e. The summed E-state index contributed by atoms with van der Waals surface area (Å²) in [6.07, 6.45) is 4.05. The van der Waals surface area contributed by atoms with Gasteiger partial charge in [0.25, 0.3) is 0 Å². The molecule has 1 aliphatic carbocycles. The van der Waals surface area contributed by atoms with Crippen LogP contribution in [0.15, 0.2) is 21.8 Å². The zero-order valence-corrected chi connectivity index (χ0v) is 19.3. The fraction of sp³-hybridized carbons (Fsp3) is 0.765. The van der Waals surface area contributed by atoms with Crippen molar-refractivity contribution in [2.45, 2.75) is 38.0 Å². The minimum atomic E-state index is -3.41. The fourth-order valence-corrected chi connectivity index (χ4v) is 5.05. The number of halogens is 1. The van der Waals surface area contributed by atoms with Gasteiger partial charge in [-0.1, -0.05) is 11.6 Å². The first-order chi connectivity index (χ1) is 13.0. The average Bonchev–Trinajstić information content (AvgIpc) is 3.30. The summed E-state index contributed by atoms with van der Waals surface area (Å²) >= 11 is 0. The molecule has 1 aromatic rings. The van der Waals surface area contributed by atoms with E-state index in [1.54, 1.807) is 6.07 Å². The Morgan fingerprint density at radius 2 is 2.11 bits per heavy atom. The molecule has 1 aliphatic heterocycles. The van der Waals surface area contributed by atoms with E-state index in [2.05, 4.69) is 15.4 Å². The van der Waals surface area contributed by atoms with Crippen molar-refractivity contribution in [3.05, 3.63) is 18.0 Å². The van der Waals surface area contributed by atoms with Crippen molar-refractivity contribution in [3.63, 3.8) is 0 Å². The lowest BCUT2D eigenvalue weighted by atomic mass is 10.1. The van der Waals surface area contributed by atoms with Crippen LogP contribution in [0, 0.1) is 5.92 Å². The maximum atomic E-state index is 12.5. The van der Waals surface area contributed by atoms with Gasteiger partial charge in [0.2, 0.25) is 10.0 Å². The van der Waals surface area contributed by atoms with Crippen LogP contribution in [0.2, 0.25) is 0 Å². The van der Waals surface area contributed by atoms with Gasteiger partial charge >= 0.3 is 0 Å². The van der Waals surface area contributed by atoms with Gasteiger partial charge in [0.1, 0.15) is 12.0 Å². The molecule has 2 atom stereocenters. The molecule has 28 heavy (non-hydrogen) atoms. The van der Waals surface area contributed by atoms with Crippen LogP contribution < -0.4 is 5.32 Å². The van der Waals surface area contributed by atoms with Gasteiger partial charge < -0.3 is 19.8 Å². The molecule has 0 amide bonds. The van der Waals surface area contributed by atoms with E-state index in [1.165, 1.54) is 10.6 Å². The van der Waals surface area contributed by atoms with Gasteiger partial charge in [-0.15, -0.1) is 24.0 Å². The van der Waals surface area contributed by atoms with E-state index in [9.17, 15) is 13.5 Å². The molecule has 1 aromatic heterocycles. The Kier molecular flexibility index (Phi) is 8.96. The van der Waals surface area contributed by atoms with Crippen molar-refractivity contribution in [1.82, 2.24) is 19.7 Å². The van der Waals surface area contributed by atoms with Crippen LogP contribution in [-0.2, 0) is 15.8 Å². The van der Waals surface area contributed by atoms with Crippen molar-refractivity contribution in [1.29, 1.82) is 0 Å². The number of nitrogens with zero attached hydrogens (tertiary/aromatic N) is 4. The number of rotatable bonds is 6. The molecule has 3 rings (SSSR count). The highest BCUT2D eigenvalue weighted by Gasteiger charge is 2.29. The standard InChI is InChI=1S/C17H29N5O4S.HI/c1-2-18-17(19-12-14-4-3-5-16(14)23)21-7-9-22(10-8-21)27(24,25)13-15-6-11-26-20-15;/h6,11,14,16,23H,2-5,7-10,12-13H2,1H3,(H,18,19);1H. The average molecular weight is 527 g/mol. The Labute approximate surface area is 183 Å². The van der Waals surface area contributed by atoms with Crippen molar-refractivity contribution < 1.29 is 18.0 Å². The maximum Gasteiger partial charge on any atom is 0.220 e. The van der Waals surface area contributed by atoms with Crippen LogP contribution in [0.25, 0.3) is 0 Å². The molecule has 2 unspecified atom stereocenters. The summed E-state index contributed by atoms with van der Waals surface area (Å²) in [5.41, 5.74) is 0.419. The van der Waals surface area contributed by atoms with Gasteiger partial charge in [-0.05, 0) is 19.8 Å². The predicted molar refractivity (Wildman–Crippen MR) is 117 cm³/mol. The lowest BCUT2D eigenvalue weighted by molar-refractivity contribution is 0.136. The van der Waals surface area contributed by atoms with Gasteiger partial charge in [0.05, 0.1) is 11.8 Å². The van der Waals surface area contributed by atoms with Crippen LogP contribution in [0.3, 0.4) is 0 Å². The first-order valence-corrected chi connectivity index (χ1v) is 11.2. The molecule has 2 aliphatic rings. The maximum absolute atomic E-state index is 12.5. The number of hydrogen-bond donors (Lipinski definition) is 2. The molecule has 160 valence electrons. The van der Waals surface area contributed by atoms with E-state index in [0.29, 0.717) is 38.4 Å². The molecule has 2 N–H and O–H groups in total. The van der Waals surface area contributed by atoms with Crippen molar-refractivity contribution in [2.24, 2.45) is 10.9 Å². The summed E-state index contributed by atoms with van der Waals surface area (Å²) in [5, 5.41) is 17.0. The number of aromatic nitrogens is 1. The van der Waals surface area contributed by atoms with Crippen LogP contribution in [0.4, 0.5) is 0 Å². The lowest BCUT2D eigenvalue weighted by Gasteiger charge is -2.36. The Bertz CT molecular complexity index is 720. The number of guanidine groups is 1. The van der Waals surface area contributed by atoms with E-state index in [-0.39, 0.29) is 41.8 Å².